The van der Waals surface area contributed by atoms with Gasteiger partial charge in [0.2, 0.25) is 11.8 Å². The summed E-state index contributed by atoms with van der Waals surface area (Å²) in [5.74, 6) is 1.16. The zero-order valence-corrected chi connectivity index (χ0v) is 15.1. The van der Waals surface area contributed by atoms with Crippen molar-refractivity contribution in [3.63, 3.8) is 0 Å². The molecule has 0 aromatic carbocycles. The van der Waals surface area contributed by atoms with Crippen molar-refractivity contribution in [2.24, 2.45) is 0 Å². The maximum Gasteiger partial charge on any atom is 0.240 e. The third kappa shape index (κ3) is 3.80. The first-order valence-electron chi connectivity index (χ1n) is 8.37. The normalized spacial score (nSPS) is 17.0. The SMILES string of the molecule is Cc1cc(NC(=O)C(C)Sc2nnc(C)n2C2CCCCC2)on1. The molecule has 0 saturated heterocycles. The van der Waals surface area contributed by atoms with Crippen LogP contribution < -0.4 is 5.32 Å². The molecule has 0 spiro atoms. The zero-order chi connectivity index (χ0) is 17.1. The van der Waals surface area contributed by atoms with Crippen LogP contribution in [0, 0.1) is 13.8 Å². The Labute approximate surface area is 145 Å². The number of carbonyl (C=O) groups is 1. The van der Waals surface area contributed by atoms with E-state index in [0.29, 0.717) is 11.9 Å². The van der Waals surface area contributed by atoms with E-state index in [0.717, 1.165) is 29.5 Å². The lowest BCUT2D eigenvalue weighted by Gasteiger charge is -2.25. The van der Waals surface area contributed by atoms with E-state index in [1.807, 2.05) is 20.8 Å². The number of hydrogen-bond acceptors (Lipinski definition) is 6. The topological polar surface area (TPSA) is 85.8 Å². The van der Waals surface area contributed by atoms with Crippen molar-refractivity contribution in [2.75, 3.05) is 5.32 Å². The molecular formula is C16H23N5O2S. The summed E-state index contributed by atoms with van der Waals surface area (Å²) in [7, 11) is 0. The van der Waals surface area contributed by atoms with Gasteiger partial charge in [-0.2, -0.15) is 0 Å². The Morgan fingerprint density at radius 1 is 1.33 bits per heavy atom. The molecule has 1 N–H and O–H groups in total. The Bertz CT molecular complexity index is 705. The van der Waals surface area contributed by atoms with E-state index < -0.39 is 0 Å². The Morgan fingerprint density at radius 2 is 2.08 bits per heavy atom. The summed E-state index contributed by atoms with van der Waals surface area (Å²) in [5, 5.41) is 15.5. The number of amides is 1. The van der Waals surface area contributed by atoms with Crippen molar-refractivity contribution in [3.8, 4) is 0 Å². The molecule has 1 amide bonds. The van der Waals surface area contributed by atoms with Crippen LogP contribution >= 0.6 is 11.8 Å². The van der Waals surface area contributed by atoms with E-state index in [1.165, 1.54) is 31.0 Å². The maximum absolute atomic E-state index is 12.3. The van der Waals surface area contributed by atoms with Crippen LogP contribution in [0.15, 0.2) is 15.7 Å². The number of hydrogen-bond donors (Lipinski definition) is 1. The lowest BCUT2D eigenvalue weighted by molar-refractivity contribution is -0.115. The smallest absolute Gasteiger partial charge is 0.240 e. The van der Waals surface area contributed by atoms with Gasteiger partial charge in [-0.1, -0.05) is 36.2 Å². The van der Waals surface area contributed by atoms with E-state index in [1.54, 1.807) is 6.07 Å². The van der Waals surface area contributed by atoms with Gasteiger partial charge in [0.15, 0.2) is 5.16 Å². The summed E-state index contributed by atoms with van der Waals surface area (Å²) in [6, 6.07) is 2.15. The lowest BCUT2D eigenvalue weighted by Crippen LogP contribution is -2.23. The summed E-state index contributed by atoms with van der Waals surface area (Å²) in [6.07, 6.45) is 6.10. The Kier molecular flexibility index (Phi) is 5.23. The number of nitrogens with one attached hydrogen (secondary N) is 1. The monoisotopic (exact) mass is 349 g/mol. The Balaban J connectivity index is 1.67. The Hall–Kier alpha value is -1.83. The van der Waals surface area contributed by atoms with Crippen LogP contribution in [0.2, 0.25) is 0 Å². The summed E-state index contributed by atoms with van der Waals surface area (Å²) in [6.45, 7) is 5.65. The molecule has 0 aliphatic heterocycles. The molecule has 2 aromatic heterocycles. The van der Waals surface area contributed by atoms with E-state index in [4.69, 9.17) is 4.52 Å². The van der Waals surface area contributed by atoms with Crippen LogP contribution in [-0.2, 0) is 4.79 Å². The van der Waals surface area contributed by atoms with E-state index in [9.17, 15) is 4.79 Å². The second kappa shape index (κ2) is 7.38. The summed E-state index contributed by atoms with van der Waals surface area (Å²) >= 11 is 1.43. The second-order valence-corrected chi connectivity index (χ2v) is 7.58. The molecule has 7 nitrogen and oxygen atoms in total. The molecule has 0 radical (unpaired) electrons. The van der Waals surface area contributed by atoms with Crippen molar-refractivity contribution in [3.05, 3.63) is 17.6 Å². The molecular weight excluding hydrogens is 326 g/mol. The summed E-state index contributed by atoms with van der Waals surface area (Å²) < 4.78 is 7.23. The molecule has 3 rings (SSSR count). The number of carbonyl (C=O) groups excluding carboxylic acids is 1. The highest BCUT2D eigenvalue weighted by Gasteiger charge is 2.24. The summed E-state index contributed by atoms with van der Waals surface area (Å²) in [4.78, 5) is 12.3. The number of rotatable bonds is 5. The van der Waals surface area contributed by atoms with Gasteiger partial charge in [0, 0.05) is 12.1 Å². The van der Waals surface area contributed by atoms with Crippen molar-refractivity contribution < 1.29 is 9.32 Å². The van der Waals surface area contributed by atoms with E-state index in [-0.39, 0.29) is 11.2 Å². The third-order valence-corrected chi connectivity index (χ3v) is 5.36. The second-order valence-electron chi connectivity index (χ2n) is 6.27. The van der Waals surface area contributed by atoms with E-state index >= 15 is 0 Å². The van der Waals surface area contributed by atoms with Crippen LogP contribution in [0.25, 0.3) is 0 Å². The van der Waals surface area contributed by atoms with Gasteiger partial charge in [-0.3, -0.25) is 10.1 Å². The number of aromatic nitrogens is 4. The van der Waals surface area contributed by atoms with Crippen LogP contribution in [0.4, 0.5) is 5.88 Å². The van der Waals surface area contributed by atoms with Crippen LogP contribution in [0.5, 0.6) is 0 Å². The molecule has 0 bridgehead atoms. The molecule has 1 atom stereocenters. The fourth-order valence-electron chi connectivity index (χ4n) is 3.05. The first-order valence-corrected chi connectivity index (χ1v) is 9.25. The van der Waals surface area contributed by atoms with Gasteiger partial charge in [-0.25, -0.2) is 0 Å². The molecule has 2 heterocycles. The van der Waals surface area contributed by atoms with Crippen molar-refractivity contribution in [1.29, 1.82) is 0 Å². The minimum atomic E-state index is -0.304. The fraction of sp³-hybridized carbons (Fsp3) is 0.625. The lowest BCUT2D eigenvalue weighted by atomic mass is 9.95. The number of aryl methyl sites for hydroxylation is 2. The molecule has 1 aliphatic carbocycles. The minimum Gasteiger partial charge on any atom is -0.338 e. The molecule has 8 heteroatoms. The zero-order valence-electron chi connectivity index (χ0n) is 14.3. The van der Waals surface area contributed by atoms with Crippen LogP contribution in [0.3, 0.4) is 0 Å². The Morgan fingerprint density at radius 3 is 2.75 bits per heavy atom. The number of thioether (sulfide) groups is 1. The average molecular weight is 349 g/mol. The van der Waals surface area contributed by atoms with Gasteiger partial charge in [-0.15, -0.1) is 10.2 Å². The van der Waals surface area contributed by atoms with E-state index in [2.05, 4.69) is 25.2 Å². The largest absolute Gasteiger partial charge is 0.338 e. The highest BCUT2D eigenvalue weighted by Crippen LogP contribution is 2.33. The highest BCUT2D eigenvalue weighted by atomic mass is 32.2. The van der Waals surface area contributed by atoms with Crippen LogP contribution in [0.1, 0.15) is 56.6 Å². The molecule has 1 fully saturated rings. The number of anilines is 1. The number of nitrogens with zero attached hydrogens (tertiary/aromatic N) is 4. The molecule has 130 valence electrons. The van der Waals surface area contributed by atoms with Gasteiger partial charge in [0.1, 0.15) is 5.82 Å². The van der Waals surface area contributed by atoms with Gasteiger partial charge >= 0.3 is 0 Å². The van der Waals surface area contributed by atoms with Crippen molar-refractivity contribution in [2.45, 2.75) is 69.3 Å². The highest BCUT2D eigenvalue weighted by molar-refractivity contribution is 8.00. The molecule has 24 heavy (non-hydrogen) atoms. The molecule has 2 aromatic rings. The predicted octanol–water partition coefficient (Wildman–Crippen LogP) is 3.51. The minimum absolute atomic E-state index is 0.132. The van der Waals surface area contributed by atoms with Gasteiger partial charge < -0.3 is 9.09 Å². The standard InChI is InChI=1S/C16H23N5O2S/c1-10-9-14(23-20-10)17-15(22)11(2)24-16-19-18-12(3)21(16)13-7-5-4-6-8-13/h9,11,13H,4-8H2,1-3H3,(H,17,22). The predicted molar refractivity (Wildman–Crippen MR) is 92.1 cm³/mol. The van der Waals surface area contributed by atoms with Gasteiger partial charge in [0.25, 0.3) is 0 Å². The quantitative estimate of drug-likeness (QED) is 0.831. The molecule has 1 saturated carbocycles. The third-order valence-electron chi connectivity index (χ3n) is 4.30. The first kappa shape index (κ1) is 17.0. The average Bonchev–Trinajstić information content (AvgIpc) is 3.14. The maximum atomic E-state index is 12.3. The van der Waals surface area contributed by atoms with Crippen LogP contribution in [-0.4, -0.2) is 31.1 Å². The first-order chi connectivity index (χ1) is 11.5. The summed E-state index contributed by atoms with van der Waals surface area (Å²) in [5.41, 5.74) is 0.735. The van der Waals surface area contributed by atoms with Gasteiger partial charge in [-0.05, 0) is 33.6 Å². The van der Waals surface area contributed by atoms with Crippen molar-refractivity contribution in [1.82, 2.24) is 19.9 Å². The molecule has 1 unspecified atom stereocenters. The molecule has 1 aliphatic rings. The fourth-order valence-corrected chi connectivity index (χ4v) is 4.01. The van der Waals surface area contributed by atoms with Crippen molar-refractivity contribution >= 4 is 23.6 Å². The van der Waals surface area contributed by atoms with Gasteiger partial charge in [0.05, 0.1) is 10.9 Å².